The van der Waals surface area contributed by atoms with Crippen molar-refractivity contribution in [3.8, 4) is 17.2 Å². The minimum atomic E-state index is -1.11. The maximum absolute atomic E-state index is 14.4. The van der Waals surface area contributed by atoms with Gasteiger partial charge in [-0.05, 0) is 93.3 Å². The van der Waals surface area contributed by atoms with Gasteiger partial charge in [0.2, 0.25) is 5.91 Å². The summed E-state index contributed by atoms with van der Waals surface area (Å²) in [6.07, 6.45) is 0.672. The number of methoxy groups -OCH3 is 1. The zero-order valence-electron chi connectivity index (χ0n) is 24.2. The molecule has 0 spiro atoms. The molecule has 4 N–H and O–H groups in total. The molecule has 1 saturated carbocycles. The van der Waals surface area contributed by atoms with Crippen molar-refractivity contribution in [2.24, 2.45) is 0 Å². The number of amides is 3. The van der Waals surface area contributed by atoms with E-state index in [1.54, 1.807) is 76.4 Å². The number of carbonyl (C=O) groups is 3. The molecule has 3 aromatic rings. The third-order valence-corrected chi connectivity index (χ3v) is 6.63. The summed E-state index contributed by atoms with van der Waals surface area (Å²) in [4.78, 5) is 42.7. The number of rotatable bonds is 10. The number of anilines is 1. The maximum Gasteiger partial charge on any atom is 0.408 e. The van der Waals surface area contributed by atoms with E-state index in [1.807, 2.05) is 0 Å². The van der Waals surface area contributed by atoms with Gasteiger partial charge >= 0.3 is 6.09 Å². The van der Waals surface area contributed by atoms with Gasteiger partial charge in [0, 0.05) is 18.2 Å². The van der Waals surface area contributed by atoms with E-state index in [0.29, 0.717) is 35.4 Å². The van der Waals surface area contributed by atoms with Crippen molar-refractivity contribution in [1.82, 2.24) is 10.2 Å². The molecule has 0 aliphatic heterocycles. The predicted molar refractivity (Wildman–Crippen MR) is 157 cm³/mol. The van der Waals surface area contributed by atoms with Crippen molar-refractivity contribution in [3.05, 3.63) is 83.9 Å². The molecular weight excluding hydrogens is 538 g/mol. The Balaban J connectivity index is 1.70. The number of carbonyl (C=O) groups excluding carboxylic acids is 3. The van der Waals surface area contributed by atoms with Gasteiger partial charge in [0.05, 0.1) is 7.11 Å². The first-order valence-corrected chi connectivity index (χ1v) is 13.8. The first-order chi connectivity index (χ1) is 19.9. The van der Waals surface area contributed by atoms with Crippen LogP contribution in [0.4, 0.5) is 10.5 Å². The average molecular weight is 576 g/mol. The summed E-state index contributed by atoms with van der Waals surface area (Å²) in [7, 11) is 1.55. The van der Waals surface area contributed by atoms with Gasteiger partial charge in [-0.15, -0.1) is 0 Å². The number of hydrogen-bond acceptors (Lipinski definition) is 7. The number of phenolic OH excluding ortho intramolecular Hbond substituents is 2. The van der Waals surface area contributed by atoms with Crippen LogP contribution in [0.2, 0.25) is 0 Å². The van der Waals surface area contributed by atoms with E-state index in [-0.39, 0.29) is 24.0 Å². The van der Waals surface area contributed by atoms with Gasteiger partial charge in [-0.2, -0.15) is 0 Å². The summed E-state index contributed by atoms with van der Waals surface area (Å²) >= 11 is 0. The van der Waals surface area contributed by atoms with Crippen LogP contribution in [0.1, 0.15) is 50.8 Å². The Labute approximate surface area is 245 Å². The van der Waals surface area contributed by atoms with Gasteiger partial charge in [0.1, 0.15) is 34.9 Å². The van der Waals surface area contributed by atoms with Crippen LogP contribution in [0.5, 0.6) is 17.2 Å². The van der Waals surface area contributed by atoms with Gasteiger partial charge in [-0.3, -0.25) is 9.59 Å². The normalized spacial score (nSPS) is 14.3. The van der Waals surface area contributed by atoms with Crippen LogP contribution in [0, 0.1) is 0 Å². The molecule has 2 atom stereocenters. The van der Waals surface area contributed by atoms with Crippen molar-refractivity contribution in [2.75, 3.05) is 12.4 Å². The summed E-state index contributed by atoms with van der Waals surface area (Å²) in [6, 6.07) is 16.9. The lowest BCUT2D eigenvalue weighted by Gasteiger charge is -2.35. The van der Waals surface area contributed by atoms with Crippen LogP contribution in [-0.4, -0.2) is 57.8 Å². The Morgan fingerprint density at radius 2 is 1.62 bits per heavy atom. The Kier molecular flexibility index (Phi) is 9.25. The van der Waals surface area contributed by atoms with Crippen LogP contribution >= 0.6 is 0 Å². The van der Waals surface area contributed by atoms with E-state index >= 15 is 0 Å². The third kappa shape index (κ3) is 8.15. The fourth-order valence-electron chi connectivity index (χ4n) is 4.59. The lowest BCUT2D eigenvalue weighted by molar-refractivity contribution is -0.141. The summed E-state index contributed by atoms with van der Waals surface area (Å²) in [6.45, 7) is 5.17. The molecule has 10 heteroatoms. The third-order valence-electron chi connectivity index (χ3n) is 6.63. The quantitative estimate of drug-likeness (QED) is 0.269. The highest BCUT2D eigenvalue weighted by molar-refractivity contribution is 5.99. The molecule has 42 heavy (non-hydrogen) atoms. The first-order valence-electron chi connectivity index (χ1n) is 13.8. The standard InChI is InChI=1S/C32H37N3O7/c1-32(2,3)42-31(40)34-27(18-20-8-14-24(36)15-9-20)30(39)35(23-12-13-23)28(21-6-5-7-25(37)19-21)29(38)33-22-10-16-26(41-4)17-11-22/h5-11,14-17,19,23,27-28,36-37H,12-13,18H2,1-4H3,(H,33,38)(H,34,40). The monoisotopic (exact) mass is 575 g/mol. The number of nitrogens with one attached hydrogen (secondary N) is 2. The molecule has 3 aromatic carbocycles. The Morgan fingerprint density at radius 1 is 0.952 bits per heavy atom. The van der Waals surface area contributed by atoms with E-state index < -0.39 is 35.6 Å². The molecule has 0 saturated heterocycles. The van der Waals surface area contributed by atoms with Crippen molar-refractivity contribution in [1.29, 1.82) is 0 Å². The zero-order chi connectivity index (χ0) is 30.4. The van der Waals surface area contributed by atoms with Crippen molar-refractivity contribution < 1.29 is 34.1 Å². The number of aromatic hydroxyl groups is 2. The van der Waals surface area contributed by atoms with Crippen LogP contribution in [-0.2, 0) is 20.7 Å². The van der Waals surface area contributed by atoms with Gasteiger partial charge < -0.3 is 35.2 Å². The second kappa shape index (κ2) is 12.8. The van der Waals surface area contributed by atoms with Crippen LogP contribution in [0.3, 0.4) is 0 Å². The maximum atomic E-state index is 14.4. The van der Waals surface area contributed by atoms with Crippen LogP contribution in [0.15, 0.2) is 72.8 Å². The highest BCUT2D eigenvalue weighted by Crippen LogP contribution is 2.37. The first kappa shape index (κ1) is 30.2. The van der Waals surface area contributed by atoms with E-state index in [1.165, 1.54) is 29.2 Å². The molecule has 1 aliphatic rings. The van der Waals surface area contributed by atoms with Gasteiger partial charge in [-0.1, -0.05) is 24.3 Å². The SMILES string of the molecule is COc1ccc(NC(=O)C(c2cccc(O)c2)N(C(=O)C(Cc2ccc(O)cc2)NC(=O)OC(C)(C)C)C2CC2)cc1. The lowest BCUT2D eigenvalue weighted by Crippen LogP contribution is -2.54. The molecule has 1 aliphatic carbocycles. The second-order valence-corrected chi connectivity index (χ2v) is 11.3. The fourth-order valence-corrected chi connectivity index (χ4v) is 4.59. The van der Waals surface area contributed by atoms with Crippen molar-refractivity contribution >= 4 is 23.6 Å². The van der Waals surface area contributed by atoms with Gasteiger partial charge in [0.25, 0.3) is 5.91 Å². The van der Waals surface area contributed by atoms with E-state index in [9.17, 15) is 24.6 Å². The Hall–Kier alpha value is -4.73. The number of phenols is 2. The van der Waals surface area contributed by atoms with E-state index in [2.05, 4.69) is 10.6 Å². The van der Waals surface area contributed by atoms with E-state index in [4.69, 9.17) is 9.47 Å². The fraction of sp³-hybridized carbons (Fsp3) is 0.344. The number of ether oxygens (including phenoxy) is 2. The van der Waals surface area contributed by atoms with Gasteiger partial charge in [0.15, 0.2) is 0 Å². The summed E-state index contributed by atoms with van der Waals surface area (Å²) < 4.78 is 10.7. The highest BCUT2D eigenvalue weighted by Gasteiger charge is 2.44. The number of alkyl carbamates (subject to hydrolysis) is 1. The molecule has 0 radical (unpaired) electrons. The number of hydrogen-bond donors (Lipinski definition) is 4. The summed E-state index contributed by atoms with van der Waals surface area (Å²) in [5.41, 5.74) is 0.813. The topological polar surface area (TPSA) is 137 Å². The smallest absolute Gasteiger partial charge is 0.408 e. The molecule has 1 fully saturated rings. The second-order valence-electron chi connectivity index (χ2n) is 11.3. The Bertz CT molecular complexity index is 1400. The van der Waals surface area contributed by atoms with Crippen LogP contribution < -0.4 is 15.4 Å². The van der Waals surface area contributed by atoms with Gasteiger partial charge in [-0.25, -0.2) is 4.79 Å². The summed E-state index contributed by atoms with van der Waals surface area (Å²) in [5, 5.41) is 25.6. The number of nitrogens with zero attached hydrogens (tertiary/aromatic N) is 1. The van der Waals surface area contributed by atoms with Crippen molar-refractivity contribution in [2.45, 2.75) is 63.8 Å². The molecule has 222 valence electrons. The summed E-state index contributed by atoms with van der Waals surface area (Å²) in [5.74, 6) is -0.315. The Morgan fingerprint density at radius 3 is 2.19 bits per heavy atom. The minimum absolute atomic E-state index is 0.0505. The zero-order valence-corrected chi connectivity index (χ0v) is 24.2. The largest absolute Gasteiger partial charge is 0.508 e. The highest BCUT2D eigenvalue weighted by atomic mass is 16.6. The average Bonchev–Trinajstić information content (AvgIpc) is 3.76. The molecule has 0 heterocycles. The molecule has 4 rings (SSSR count). The minimum Gasteiger partial charge on any atom is -0.508 e. The predicted octanol–water partition coefficient (Wildman–Crippen LogP) is 4.91. The van der Waals surface area contributed by atoms with Crippen LogP contribution in [0.25, 0.3) is 0 Å². The molecule has 10 nitrogen and oxygen atoms in total. The molecule has 2 unspecified atom stereocenters. The molecule has 3 amide bonds. The van der Waals surface area contributed by atoms with E-state index in [0.717, 1.165) is 0 Å². The van der Waals surface area contributed by atoms with Crippen molar-refractivity contribution in [3.63, 3.8) is 0 Å². The molecular formula is C32H37N3O7. The molecule has 0 bridgehead atoms. The molecule has 0 aromatic heterocycles. The number of benzene rings is 3. The lowest BCUT2D eigenvalue weighted by atomic mass is 9.99.